The number of carbonyl (C=O) groups is 2. The summed E-state index contributed by atoms with van der Waals surface area (Å²) >= 11 is 0. The Morgan fingerprint density at radius 1 is 0.698 bits per heavy atom. The Morgan fingerprint density at radius 2 is 1.33 bits per heavy atom. The van der Waals surface area contributed by atoms with E-state index in [4.69, 9.17) is 9.47 Å². The van der Waals surface area contributed by atoms with Crippen LogP contribution in [0.5, 0.6) is 0 Å². The Morgan fingerprint density at radius 3 is 2.00 bits per heavy atom. The van der Waals surface area contributed by atoms with Crippen molar-refractivity contribution in [3.63, 3.8) is 0 Å². The van der Waals surface area contributed by atoms with Crippen LogP contribution in [-0.4, -0.2) is 58.8 Å². The normalized spacial score (nSPS) is 14.8. The average Bonchev–Trinajstić information content (AvgIpc) is 3.00. The number of carbonyl (C=O) groups excluding carboxylic acids is 2. The standard InChI is InChI=1S/C36H64O7/c1-4-6-7-8-9-10-11-12-13-14-18-21-25-33(38)34(39)26-23-28-35(40)42-30-32(29-37)43-36(41)27-22-19-16-15-17-20-24-31(3)5-2/h9-10,12-13,18,21,31-34,37-39H,4-8,11,14-17,19-20,22-30H2,1-3H3/b10-9-,13-12-,21-18-/t31?,32-,33?,34?/m0/s1. The molecule has 250 valence electrons. The van der Waals surface area contributed by atoms with E-state index in [-0.39, 0.29) is 25.4 Å². The molecule has 0 fully saturated rings. The van der Waals surface area contributed by atoms with Gasteiger partial charge in [-0.15, -0.1) is 0 Å². The number of hydrogen-bond acceptors (Lipinski definition) is 7. The maximum absolute atomic E-state index is 12.1. The quantitative estimate of drug-likeness (QED) is 0.0449. The molecule has 3 N–H and O–H groups in total. The first-order valence-corrected chi connectivity index (χ1v) is 17.1. The fraction of sp³-hybridized carbons (Fsp3) is 0.778. The van der Waals surface area contributed by atoms with Gasteiger partial charge >= 0.3 is 11.9 Å². The third-order valence-corrected chi connectivity index (χ3v) is 7.68. The summed E-state index contributed by atoms with van der Waals surface area (Å²) < 4.78 is 10.4. The molecule has 0 rings (SSSR count). The van der Waals surface area contributed by atoms with Gasteiger partial charge < -0.3 is 24.8 Å². The van der Waals surface area contributed by atoms with Crippen molar-refractivity contribution in [1.82, 2.24) is 0 Å². The summed E-state index contributed by atoms with van der Waals surface area (Å²) in [4.78, 5) is 24.1. The van der Waals surface area contributed by atoms with E-state index in [1.807, 2.05) is 12.2 Å². The highest BCUT2D eigenvalue weighted by Crippen LogP contribution is 2.15. The van der Waals surface area contributed by atoms with Gasteiger partial charge in [-0.2, -0.15) is 0 Å². The van der Waals surface area contributed by atoms with E-state index in [0.717, 1.165) is 44.4 Å². The van der Waals surface area contributed by atoms with Crippen LogP contribution in [0.4, 0.5) is 0 Å². The fourth-order valence-electron chi connectivity index (χ4n) is 4.51. The second-order valence-corrected chi connectivity index (χ2v) is 11.8. The maximum atomic E-state index is 12.1. The predicted molar refractivity (Wildman–Crippen MR) is 176 cm³/mol. The van der Waals surface area contributed by atoms with Crippen LogP contribution in [-0.2, 0) is 19.1 Å². The molecular formula is C36H64O7. The lowest BCUT2D eigenvalue weighted by molar-refractivity contribution is -0.161. The Bertz CT molecular complexity index is 746. The van der Waals surface area contributed by atoms with Crippen molar-refractivity contribution >= 4 is 11.9 Å². The summed E-state index contributed by atoms with van der Waals surface area (Å²) in [6.45, 7) is 6.11. The van der Waals surface area contributed by atoms with Gasteiger partial charge in [0.2, 0.25) is 0 Å². The molecule has 0 aromatic carbocycles. The van der Waals surface area contributed by atoms with Crippen molar-refractivity contribution in [3.05, 3.63) is 36.5 Å². The number of ether oxygens (including phenoxy) is 2. The van der Waals surface area contributed by atoms with Gasteiger partial charge in [-0.25, -0.2) is 0 Å². The molecule has 4 atom stereocenters. The zero-order chi connectivity index (χ0) is 32.0. The summed E-state index contributed by atoms with van der Waals surface area (Å²) in [5, 5.41) is 29.8. The largest absolute Gasteiger partial charge is 0.462 e. The van der Waals surface area contributed by atoms with E-state index in [9.17, 15) is 24.9 Å². The number of rotatable bonds is 29. The number of aliphatic hydroxyl groups excluding tert-OH is 3. The molecule has 7 heteroatoms. The molecule has 0 saturated carbocycles. The first-order chi connectivity index (χ1) is 20.8. The van der Waals surface area contributed by atoms with E-state index >= 15 is 0 Å². The summed E-state index contributed by atoms with van der Waals surface area (Å²) in [5.74, 6) is -0.0830. The Kier molecular flexibility index (Phi) is 28.7. The smallest absolute Gasteiger partial charge is 0.306 e. The van der Waals surface area contributed by atoms with Gasteiger partial charge in [0.25, 0.3) is 0 Å². The number of hydrogen-bond donors (Lipinski definition) is 3. The molecule has 0 aliphatic carbocycles. The maximum Gasteiger partial charge on any atom is 0.306 e. The predicted octanol–water partition coefficient (Wildman–Crippen LogP) is 7.91. The Hall–Kier alpha value is -1.96. The molecule has 0 aromatic rings. The Labute approximate surface area is 262 Å². The molecule has 3 unspecified atom stereocenters. The zero-order valence-corrected chi connectivity index (χ0v) is 27.6. The summed E-state index contributed by atoms with van der Waals surface area (Å²) in [6, 6.07) is 0. The van der Waals surface area contributed by atoms with Crippen molar-refractivity contribution in [2.75, 3.05) is 13.2 Å². The van der Waals surface area contributed by atoms with Crippen LogP contribution < -0.4 is 0 Å². The van der Waals surface area contributed by atoms with Crippen molar-refractivity contribution in [1.29, 1.82) is 0 Å². The molecule has 0 aliphatic rings. The second kappa shape index (κ2) is 30.1. The van der Waals surface area contributed by atoms with Crippen LogP contribution in [0, 0.1) is 5.92 Å². The highest BCUT2D eigenvalue weighted by Gasteiger charge is 2.18. The number of aliphatic hydroxyl groups is 3. The lowest BCUT2D eigenvalue weighted by Crippen LogP contribution is -2.28. The zero-order valence-electron chi connectivity index (χ0n) is 27.6. The monoisotopic (exact) mass is 608 g/mol. The highest BCUT2D eigenvalue weighted by molar-refractivity contribution is 5.70. The summed E-state index contributed by atoms with van der Waals surface area (Å²) in [7, 11) is 0. The first kappa shape index (κ1) is 41.0. The first-order valence-electron chi connectivity index (χ1n) is 17.1. The van der Waals surface area contributed by atoms with Crippen molar-refractivity contribution in [2.45, 2.75) is 161 Å². The minimum absolute atomic E-state index is 0.0704. The van der Waals surface area contributed by atoms with Crippen LogP contribution in [0.3, 0.4) is 0 Å². The molecule has 0 aromatic heterocycles. The molecule has 0 bridgehead atoms. The fourth-order valence-corrected chi connectivity index (χ4v) is 4.51. The second-order valence-electron chi connectivity index (χ2n) is 11.8. The van der Waals surface area contributed by atoms with Crippen molar-refractivity contribution < 1.29 is 34.4 Å². The number of esters is 2. The van der Waals surface area contributed by atoms with Crippen LogP contribution in [0.25, 0.3) is 0 Å². The molecule has 0 radical (unpaired) electrons. The third kappa shape index (κ3) is 27.3. The van der Waals surface area contributed by atoms with Crippen LogP contribution in [0.15, 0.2) is 36.5 Å². The molecule has 0 amide bonds. The average molecular weight is 609 g/mol. The van der Waals surface area contributed by atoms with Gasteiger partial charge in [0.1, 0.15) is 6.61 Å². The molecule has 0 saturated heterocycles. The lowest BCUT2D eigenvalue weighted by atomic mass is 10.00. The minimum Gasteiger partial charge on any atom is -0.462 e. The summed E-state index contributed by atoms with van der Waals surface area (Å²) in [5.41, 5.74) is 0. The molecule has 0 spiro atoms. The SMILES string of the molecule is CCCCC/C=C\C/C=C\C/C=C\CC(O)C(O)CCCC(=O)OC[C@H](CO)OC(=O)CCCCCCCCC(C)CC. The van der Waals surface area contributed by atoms with Gasteiger partial charge in [0.05, 0.1) is 18.8 Å². The van der Waals surface area contributed by atoms with Gasteiger partial charge in [-0.05, 0) is 57.3 Å². The van der Waals surface area contributed by atoms with E-state index in [1.165, 1.54) is 51.4 Å². The van der Waals surface area contributed by atoms with Crippen molar-refractivity contribution in [3.8, 4) is 0 Å². The van der Waals surface area contributed by atoms with Gasteiger partial charge in [-0.1, -0.05) is 115 Å². The Balaban J connectivity index is 3.91. The van der Waals surface area contributed by atoms with Crippen LogP contribution in [0.1, 0.15) is 143 Å². The van der Waals surface area contributed by atoms with Crippen LogP contribution >= 0.6 is 0 Å². The molecule has 43 heavy (non-hydrogen) atoms. The van der Waals surface area contributed by atoms with Crippen molar-refractivity contribution in [2.24, 2.45) is 5.92 Å². The molecule has 0 heterocycles. The van der Waals surface area contributed by atoms with E-state index in [1.54, 1.807) is 0 Å². The minimum atomic E-state index is -0.929. The number of allylic oxidation sites excluding steroid dienone is 5. The van der Waals surface area contributed by atoms with Crippen LogP contribution in [0.2, 0.25) is 0 Å². The lowest BCUT2D eigenvalue weighted by Gasteiger charge is -2.17. The topological polar surface area (TPSA) is 113 Å². The summed E-state index contributed by atoms with van der Waals surface area (Å²) in [6.07, 6.45) is 26.8. The van der Waals surface area contributed by atoms with E-state index in [0.29, 0.717) is 19.3 Å². The van der Waals surface area contributed by atoms with E-state index in [2.05, 4.69) is 45.1 Å². The molecular weight excluding hydrogens is 544 g/mol. The highest BCUT2D eigenvalue weighted by atomic mass is 16.6. The van der Waals surface area contributed by atoms with Gasteiger partial charge in [-0.3, -0.25) is 9.59 Å². The van der Waals surface area contributed by atoms with E-state index < -0.39 is 30.9 Å². The third-order valence-electron chi connectivity index (χ3n) is 7.68. The number of unbranched alkanes of at least 4 members (excludes halogenated alkanes) is 8. The molecule has 0 aliphatic heterocycles. The molecule has 7 nitrogen and oxygen atoms in total. The van der Waals surface area contributed by atoms with Gasteiger partial charge in [0.15, 0.2) is 6.10 Å². The van der Waals surface area contributed by atoms with Gasteiger partial charge in [0, 0.05) is 12.8 Å².